The summed E-state index contributed by atoms with van der Waals surface area (Å²) < 4.78 is 64.3. The number of amides is 1. The zero-order valence-corrected chi connectivity index (χ0v) is 18.1. The highest BCUT2D eigenvalue weighted by Gasteiger charge is 2.35. The minimum absolute atomic E-state index is 0.159. The summed E-state index contributed by atoms with van der Waals surface area (Å²) in [5.74, 6) is -0.548. The van der Waals surface area contributed by atoms with Crippen molar-refractivity contribution in [1.82, 2.24) is 9.78 Å². The standard InChI is InChI=1S/C23H17F3N4O3S/c24-23(25,26)21-13-20(30(29-21)18-9-11-19(12-10-18)34(28,32)33)16-5-1-14(2-6-16)15-3-7-17(8-4-15)22(27)31/h1-13H,(H2,27,31)(H2,28,32,33). The number of nitrogens with two attached hydrogens (primary N) is 2. The number of carbonyl (C=O) groups excluding carboxylic acids is 1. The number of nitrogens with zero attached hydrogens (tertiary/aromatic N) is 2. The number of carbonyl (C=O) groups is 1. The van der Waals surface area contributed by atoms with Crippen molar-refractivity contribution in [2.75, 3.05) is 0 Å². The van der Waals surface area contributed by atoms with Crippen LogP contribution in [0.4, 0.5) is 13.2 Å². The van der Waals surface area contributed by atoms with Gasteiger partial charge in [-0.3, -0.25) is 4.79 Å². The van der Waals surface area contributed by atoms with Gasteiger partial charge in [-0.05, 0) is 53.6 Å². The van der Waals surface area contributed by atoms with Crippen LogP contribution in [0, 0.1) is 0 Å². The molecule has 0 atom stereocenters. The van der Waals surface area contributed by atoms with E-state index < -0.39 is 27.8 Å². The van der Waals surface area contributed by atoms with Crippen LogP contribution in [-0.4, -0.2) is 24.1 Å². The number of sulfonamides is 1. The molecule has 1 heterocycles. The number of halogens is 3. The average molecular weight is 486 g/mol. The van der Waals surface area contributed by atoms with Crippen molar-refractivity contribution in [2.45, 2.75) is 11.1 Å². The van der Waals surface area contributed by atoms with Crippen LogP contribution < -0.4 is 10.9 Å². The first-order valence-corrected chi connectivity index (χ1v) is 11.3. The fourth-order valence-electron chi connectivity index (χ4n) is 3.36. The first-order chi connectivity index (χ1) is 15.9. The zero-order chi connectivity index (χ0) is 24.7. The van der Waals surface area contributed by atoms with E-state index in [1.165, 1.54) is 24.3 Å². The normalized spacial score (nSPS) is 12.0. The maximum Gasteiger partial charge on any atom is 0.435 e. The fraction of sp³-hybridized carbons (Fsp3) is 0.0435. The van der Waals surface area contributed by atoms with E-state index >= 15 is 0 Å². The third-order valence-electron chi connectivity index (χ3n) is 5.09. The Morgan fingerprint density at radius 1 is 0.824 bits per heavy atom. The maximum atomic E-state index is 13.4. The molecule has 0 fully saturated rings. The molecule has 0 radical (unpaired) electrons. The molecule has 11 heteroatoms. The third-order valence-corrected chi connectivity index (χ3v) is 6.02. The molecule has 7 nitrogen and oxygen atoms in total. The van der Waals surface area contributed by atoms with E-state index in [1.54, 1.807) is 48.5 Å². The predicted molar refractivity (Wildman–Crippen MR) is 119 cm³/mol. The molecule has 0 aliphatic rings. The topological polar surface area (TPSA) is 121 Å². The molecular formula is C23H17F3N4O3S. The van der Waals surface area contributed by atoms with Gasteiger partial charge in [0.15, 0.2) is 5.69 Å². The molecule has 1 aromatic heterocycles. The van der Waals surface area contributed by atoms with Crippen LogP contribution in [0.2, 0.25) is 0 Å². The lowest BCUT2D eigenvalue weighted by Gasteiger charge is -2.09. The van der Waals surface area contributed by atoms with Crippen LogP contribution in [0.15, 0.2) is 83.8 Å². The summed E-state index contributed by atoms with van der Waals surface area (Å²) in [5, 5.41) is 8.78. The summed E-state index contributed by atoms with van der Waals surface area (Å²) in [6, 6.07) is 19.3. The third kappa shape index (κ3) is 4.70. The zero-order valence-electron chi connectivity index (χ0n) is 17.3. The van der Waals surface area contributed by atoms with E-state index in [-0.39, 0.29) is 16.3 Å². The molecule has 4 rings (SSSR count). The molecular weight excluding hydrogens is 469 g/mol. The first-order valence-electron chi connectivity index (χ1n) is 9.75. The molecule has 4 N–H and O–H groups in total. The molecule has 3 aromatic carbocycles. The summed E-state index contributed by atoms with van der Waals surface area (Å²) in [4.78, 5) is 11.1. The van der Waals surface area contributed by atoms with Crippen LogP contribution in [0.3, 0.4) is 0 Å². The second-order valence-corrected chi connectivity index (χ2v) is 8.94. The van der Waals surface area contributed by atoms with Gasteiger partial charge in [-0.15, -0.1) is 0 Å². The average Bonchev–Trinajstić information content (AvgIpc) is 3.25. The van der Waals surface area contributed by atoms with Crippen molar-refractivity contribution in [3.05, 3.63) is 90.1 Å². The molecule has 0 aliphatic heterocycles. The van der Waals surface area contributed by atoms with Gasteiger partial charge >= 0.3 is 6.18 Å². The first kappa shape index (κ1) is 23.2. The van der Waals surface area contributed by atoms with Gasteiger partial charge in [-0.25, -0.2) is 18.2 Å². The molecule has 0 bridgehead atoms. The quantitative estimate of drug-likeness (QED) is 0.443. The number of hydrogen-bond acceptors (Lipinski definition) is 4. The molecule has 4 aromatic rings. The maximum absolute atomic E-state index is 13.4. The van der Waals surface area contributed by atoms with Crippen LogP contribution in [0.25, 0.3) is 28.1 Å². The molecule has 0 unspecified atom stereocenters. The number of aromatic nitrogens is 2. The van der Waals surface area contributed by atoms with Crippen molar-refractivity contribution < 1.29 is 26.4 Å². The van der Waals surface area contributed by atoms with E-state index in [0.717, 1.165) is 21.9 Å². The molecule has 0 aliphatic carbocycles. The van der Waals surface area contributed by atoms with Gasteiger partial charge in [-0.2, -0.15) is 18.3 Å². The Labute approximate surface area is 192 Å². The monoisotopic (exact) mass is 486 g/mol. The molecule has 174 valence electrons. The van der Waals surface area contributed by atoms with Crippen molar-refractivity contribution in [3.63, 3.8) is 0 Å². The van der Waals surface area contributed by atoms with Gasteiger partial charge in [0.05, 0.1) is 16.3 Å². The highest BCUT2D eigenvalue weighted by molar-refractivity contribution is 7.89. The molecule has 0 saturated heterocycles. The lowest BCUT2D eigenvalue weighted by Crippen LogP contribution is -2.12. The SMILES string of the molecule is NC(=O)c1ccc(-c2ccc(-c3cc(C(F)(F)F)nn3-c3ccc(S(N)(=O)=O)cc3)cc2)cc1. The summed E-state index contributed by atoms with van der Waals surface area (Å²) in [6.07, 6.45) is -4.68. The fourth-order valence-corrected chi connectivity index (χ4v) is 3.87. The Balaban J connectivity index is 1.75. The minimum Gasteiger partial charge on any atom is -0.366 e. The van der Waals surface area contributed by atoms with Gasteiger partial charge in [0, 0.05) is 11.1 Å². The number of benzene rings is 3. The van der Waals surface area contributed by atoms with Crippen LogP contribution in [-0.2, 0) is 16.2 Å². The second-order valence-electron chi connectivity index (χ2n) is 7.38. The lowest BCUT2D eigenvalue weighted by molar-refractivity contribution is -0.141. The summed E-state index contributed by atoms with van der Waals surface area (Å²) in [7, 11) is -3.96. The number of primary amides is 1. The molecule has 0 saturated carbocycles. The molecule has 34 heavy (non-hydrogen) atoms. The minimum atomic E-state index is -4.68. The van der Waals surface area contributed by atoms with Crippen LogP contribution >= 0.6 is 0 Å². The smallest absolute Gasteiger partial charge is 0.366 e. The van der Waals surface area contributed by atoms with Crippen molar-refractivity contribution in [3.8, 4) is 28.1 Å². The Hall–Kier alpha value is -3.96. The van der Waals surface area contributed by atoms with Crippen LogP contribution in [0.1, 0.15) is 16.1 Å². The Morgan fingerprint density at radius 3 is 1.79 bits per heavy atom. The van der Waals surface area contributed by atoms with Gasteiger partial charge in [0.2, 0.25) is 15.9 Å². The number of alkyl halides is 3. The largest absolute Gasteiger partial charge is 0.435 e. The van der Waals surface area contributed by atoms with E-state index in [0.29, 0.717) is 11.1 Å². The van der Waals surface area contributed by atoms with Gasteiger partial charge in [0.1, 0.15) is 0 Å². The number of hydrogen-bond donors (Lipinski definition) is 2. The Kier molecular flexibility index (Phi) is 5.75. The van der Waals surface area contributed by atoms with E-state index in [9.17, 15) is 26.4 Å². The van der Waals surface area contributed by atoms with E-state index in [4.69, 9.17) is 10.9 Å². The molecule has 1 amide bonds. The highest BCUT2D eigenvalue weighted by Crippen LogP contribution is 2.34. The number of primary sulfonamides is 1. The van der Waals surface area contributed by atoms with E-state index in [2.05, 4.69) is 5.10 Å². The van der Waals surface area contributed by atoms with Crippen LogP contribution in [0.5, 0.6) is 0 Å². The summed E-state index contributed by atoms with van der Waals surface area (Å²) in [5.41, 5.74) is 6.92. The summed E-state index contributed by atoms with van der Waals surface area (Å²) in [6.45, 7) is 0. The van der Waals surface area contributed by atoms with E-state index in [1.807, 2.05) is 0 Å². The van der Waals surface area contributed by atoms with Gasteiger partial charge in [-0.1, -0.05) is 36.4 Å². The Bertz CT molecular complexity index is 1460. The van der Waals surface area contributed by atoms with Gasteiger partial charge < -0.3 is 5.73 Å². The van der Waals surface area contributed by atoms with Crippen molar-refractivity contribution in [1.29, 1.82) is 0 Å². The Morgan fingerprint density at radius 2 is 1.32 bits per heavy atom. The van der Waals surface area contributed by atoms with Crippen molar-refractivity contribution >= 4 is 15.9 Å². The lowest BCUT2D eigenvalue weighted by atomic mass is 10.0. The second kappa shape index (κ2) is 8.43. The van der Waals surface area contributed by atoms with Gasteiger partial charge in [0.25, 0.3) is 0 Å². The molecule has 0 spiro atoms. The van der Waals surface area contributed by atoms with Crippen molar-refractivity contribution in [2.24, 2.45) is 10.9 Å². The highest BCUT2D eigenvalue weighted by atomic mass is 32.2. The number of rotatable bonds is 5. The summed E-state index contributed by atoms with van der Waals surface area (Å²) >= 11 is 0. The predicted octanol–water partition coefficient (Wildman–Crippen LogP) is 3.97.